The molecule has 1 N–H and O–H groups in total. The molecule has 1 amide bonds. The van der Waals surface area contributed by atoms with Crippen LogP contribution < -0.4 is 19.1 Å². The second kappa shape index (κ2) is 9.80. The number of hydrogen-bond donors (Lipinski definition) is 1. The van der Waals surface area contributed by atoms with Crippen LogP contribution in [0, 0.1) is 5.82 Å². The van der Waals surface area contributed by atoms with Crippen LogP contribution in [-0.4, -0.2) is 40.8 Å². The normalized spacial score (nSPS) is 13.3. The molecule has 0 bridgehead atoms. The van der Waals surface area contributed by atoms with E-state index in [9.17, 15) is 17.6 Å². The predicted molar refractivity (Wildman–Crippen MR) is 114 cm³/mol. The summed E-state index contributed by atoms with van der Waals surface area (Å²) in [5, 5.41) is 2.81. The fraction of sp³-hybridized carbons (Fsp3) is 0.381. The molecule has 0 fully saturated rings. The van der Waals surface area contributed by atoms with E-state index in [4.69, 9.17) is 9.47 Å². The van der Waals surface area contributed by atoms with Gasteiger partial charge in [-0.15, -0.1) is 0 Å². The summed E-state index contributed by atoms with van der Waals surface area (Å²) < 4.78 is 50.7. The van der Waals surface area contributed by atoms with Gasteiger partial charge in [-0.2, -0.15) is 0 Å². The van der Waals surface area contributed by atoms with Gasteiger partial charge >= 0.3 is 0 Å². The molecule has 164 valence electrons. The van der Waals surface area contributed by atoms with E-state index in [0.29, 0.717) is 17.1 Å². The van der Waals surface area contributed by atoms with Crippen molar-refractivity contribution < 1.29 is 27.1 Å². The second-order valence-corrected chi connectivity index (χ2v) is 8.63. The molecule has 9 heteroatoms. The van der Waals surface area contributed by atoms with Crippen molar-refractivity contribution in [2.45, 2.75) is 32.4 Å². The van der Waals surface area contributed by atoms with Crippen molar-refractivity contribution in [1.29, 1.82) is 0 Å². The molecule has 0 heterocycles. The van der Waals surface area contributed by atoms with Crippen molar-refractivity contribution in [3.63, 3.8) is 0 Å². The zero-order chi connectivity index (χ0) is 22.5. The first-order valence-electron chi connectivity index (χ1n) is 9.40. The maximum atomic E-state index is 14.4. The number of benzene rings is 2. The van der Waals surface area contributed by atoms with Gasteiger partial charge in [0.25, 0.3) is 0 Å². The zero-order valence-electron chi connectivity index (χ0n) is 17.7. The average Bonchev–Trinajstić information content (AvgIpc) is 2.71. The number of amides is 1. The largest absolute Gasteiger partial charge is 0.497 e. The van der Waals surface area contributed by atoms with Gasteiger partial charge in [-0.3, -0.25) is 9.10 Å². The van der Waals surface area contributed by atoms with E-state index in [1.165, 1.54) is 32.4 Å². The number of ether oxygens (including phenoxy) is 2. The first kappa shape index (κ1) is 23.5. The molecule has 2 aromatic carbocycles. The molecule has 0 saturated heterocycles. The molecule has 2 atom stereocenters. The zero-order valence-corrected chi connectivity index (χ0v) is 18.5. The molecule has 0 aliphatic carbocycles. The average molecular weight is 439 g/mol. The summed E-state index contributed by atoms with van der Waals surface area (Å²) in [7, 11) is -0.893. The highest BCUT2D eigenvalue weighted by atomic mass is 32.2. The van der Waals surface area contributed by atoms with E-state index in [-0.39, 0.29) is 12.1 Å². The maximum absolute atomic E-state index is 14.4. The Bertz CT molecular complexity index is 997. The van der Waals surface area contributed by atoms with Crippen molar-refractivity contribution >= 4 is 21.6 Å². The number of sulfonamides is 1. The van der Waals surface area contributed by atoms with E-state index in [0.717, 1.165) is 16.6 Å². The van der Waals surface area contributed by atoms with Crippen molar-refractivity contribution in [3.05, 3.63) is 53.8 Å². The third-order valence-corrected chi connectivity index (χ3v) is 5.85. The van der Waals surface area contributed by atoms with Crippen LogP contribution in [0.2, 0.25) is 0 Å². The monoisotopic (exact) mass is 438 g/mol. The van der Waals surface area contributed by atoms with Crippen LogP contribution in [0.4, 0.5) is 10.1 Å². The van der Waals surface area contributed by atoms with Crippen LogP contribution >= 0.6 is 0 Å². The SMILES string of the molecule is CC[C@@H](C(=O)N[C@H](C)c1cc(OC)ccc1OC)N(c1ccccc1F)S(C)(=O)=O. The summed E-state index contributed by atoms with van der Waals surface area (Å²) in [4.78, 5) is 13.1. The summed E-state index contributed by atoms with van der Waals surface area (Å²) in [6.07, 6.45) is 1.10. The summed E-state index contributed by atoms with van der Waals surface area (Å²) >= 11 is 0. The van der Waals surface area contributed by atoms with Gasteiger partial charge in [0.2, 0.25) is 15.9 Å². The number of rotatable bonds is 9. The van der Waals surface area contributed by atoms with E-state index in [2.05, 4.69) is 5.32 Å². The highest BCUT2D eigenvalue weighted by molar-refractivity contribution is 7.92. The minimum Gasteiger partial charge on any atom is -0.497 e. The molecule has 0 radical (unpaired) electrons. The smallest absolute Gasteiger partial charge is 0.244 e. The van der Waals surface area contributed by atoms with Gasteiger partial charge in [-0.25, -0.2) is 12.8 Å². The van der Waals surface area contributed by atoms with Gasteiger partial charge in [0.1, 0.15) is 23.4 Å². The highest BCUT2D eigenvalue weighted by Gasteiger charge is 2.34. The Labute approximate surface area is 176 Å². The summed E-state index contributed by atoms with van der Waals surface area (Å²) in [6, 6.07) is 9.00. The minimum atomic E-state index is -3.93. The molecule has 7 nitrogen and oxygen atoms in total. The van der Waals surface area contributed by atoms with Crippen LogP contribution in [0.5, 0.6) is 11.5 Å². The van der Waals surface area contributed by atoms with E-state index < -0.39 is 33.8 Å². The van der Waals surface area contributed by atoms with Gasteiger partial charge in [-0.1, -0.05) is 19.1 Å². The Morgan fingerprint density at radius 1 is 1.17 bits per heavy atom. The van der Waals surface area contributed by atoms with E-state index >= 15 is 0 Å². The number of methoxy groups -OCH3 is 2. The van der Waals surface area contributed by atoms with Gasteiger partial charge in [-0.05, 0) is 43.7 Å². The van der Waals surface area contributed by atoms with Crippen molar-refractivity contribution in [2.24, 2.45) is 0 Å². The fourth-order valence-corrected chi connectivity index (χ4v) is 4.44. The second-order valence-electron chi connectivity index (χ2n) is 6.77. The topological polar surface area (TPSA) is 84.9 Å². The molecule has 0 aliphatic heterocycles. The molecule has 2 aromatic rings. The van der Waals surface area contributed by atoms with Gasteiger partial charge in [0.15, 0.2) is 0 Å². The molecular weight excluding hydrogens is 411 g/mol. The van der Waals surface area contributed by atoms with Crippen LogP contribution in [0.3, 0.4) is 0 Å². The molecule has 0 aliphatic rings. The van der Waals surface area contributed by atoms with Gasteiger partial charge in [0, 0.05) is 5.56 Å². The van der Waals surface area contributed by atoms with E-state index in [1.807, 2.05) is 0 Å². The predicted octanol–water partition coefficient (Wildman–Crippen LogP) is 3.26. The molecule has 2 rings (SSSR count). The first-order chi connectivity index (χ1) is 14.1. The number of halogens is 1. The number of anilines is 1. The molecule has 0 saturated carbocycles. The van der Waals surface area contributed by atoms with E-state index in [1.54, 1.807) is 32.0 Å². The summed E-state index contributed by atoms with van der Waals surface area (Å²) in [5.74, 6) is -0.144. The molecule has 0 unspecified atom stereocenters. The van der Waals surface area contributed by atoms with Crippen molar-refractivity contribution in [1.82, 2.24) is 5.32 Å². The maximum Gasteiger partial charge on any atom is 0.244 e. The third kappa shape index (κ3) is 5.21. The summed E-state index contributed by atoms with van der Waals surface area (Å²) in [5.41, 5.74) is 0.491. The van der Waals surface area contributed by atoms with Crippen LogP contribution in [0.25, 0.3) is 0 Å². The van der Waals surface area contributed by atoms with Gasteiger partial charge in [0.05, 0.1) is 32.2 Å². The van der Waals surface area contributed by atoms with Crippen LogP contribution in [0.15, 0.2) is 42.5 Å². The Kier molecular flexibility index (Phi) is 7.66. The Morgan fingerprint density at radius 2 is 1.83 bits per heavy atom. The lowest BCUT2D eigenvalue weighted by atomic mass is 10.1. The molecule has 30 heavy (non-hydrogen) atoms. The Balaban J connectivity index is 2.38. The van der Waals surface area contributed by atoms with Crippen LogP contribution in [-0.2, 0) is 14.8 Å². The van der Waals surface area contributed by atoms with Crippen molar-refractivity contribution in [2.75, 3.05) is 24.8 Å². The van der Waals surface area contributed by atoms with Gasteiger partial charge < -0.3 is 14.8 Å². The lowest BCUT2D eigenvalue weighted by Crippen LogP contribution is -2.50. The lowest BCUT2D eigenvalue weighted by molar-refractivity contribution is -0.122. The van der Waals surface area contributed by atoms with Crippen molar-refractivity contribution in [3.8, 4) is 11.5 Å². The Hall–Kier alpha value is -2.81. The fourth-order valence-electron chi connectivity index (χ4n) is 3.23. The molecular formula is C21H27FN2O5S. The third-order valence-electron chi connectivity index (χ3n) is 4.68. The molecule has 0 spiro atoms. The number of para-hydroxylation sites is 1. The quantitative estimate of drug-likeness (QED) is 0.650. The standard InChI is InChI=1S/C21H27FN2O5S/c1-6-18(24(30(5,26)27)19-10-8-7-9-17(19)22)21(25)23-14(2)16-13-15(28-3)11-12-20(16)29-4/h7-14,18H,6H2,1-5H3,(H,23,25)/t14-,18+/m1/s1. The number of carbonyl (C=O) groups excluding carboxylic acids is 1. The number of carbonyl (C=O) groups is 1. The number of hydrogen-bond acceptors (Lipinski definition) is 5. The molecule has 0 aromatic heterocycles. The number of nitrogens with zero attached hydrogens (tertiary/aromatic N) is 1. The number of nitrogens with one attached hydrogen (secondary N) is 1. The highest BCUT2D eigenvalue weighted by Crippen LogP contribution is 2.30. The lowest BCUT2D eigenvalue weighted by Gasteiger charge is -2.31. The summed E-state index contributed by atoms with van der Waals surface area (Å²) in [6.45, 7) is 3.41. The first-order valence-corrected chi connectivity index (χ1v) is 11.2. The van der Waals surface area contributed by atoms with Crippen LogP contribution in [0.1, 0.15) is 31.9 Å². The Morgan fingerprint density at radius 3 is 2.37 bits per heavy atom. The minimum absolute atomic E-state index is 0.148.